The Morgan fingerprint density at radius 1 is 1.15 bits per heavy atom. The van der Waals surface area contributed by atoms with Crippen molar-refractivity contribution in [2.45, 2.75) is 32.4 Å². The third kappa shape index (κ3) is 4.61. The molecule has 1 saturated heterocycles. The number of hydrogen-bond donors (Lipinski definition) is 1. The van der Waals surface area contributed by atoms with E-state index in [2.05, 4.69) is 10.1 Å². The summed E-state index contributed by atoms with van der Waals surface area (Å²) in [5, 5.41) is 2.17. The summed E-state index contributed by atoms with van der Waals surface area (Å²) >= 11 is 0. The lowest BCUT2D eigenvalue weighted by molar-refractivity contribution is -0.222. The molecule has 1 aromatic rings. The average molecular weight is 381 g/mol. The van der Waals surface area contributed by atoms with Crippen LogP contribution in [0.25, 0.3) is 0 Å². The predicted molar refractivity (Wildman–Crippen MR) is 76.0 cm³/mol. The second kappa shape index (κ2) is 6.81. The molecule has 0 amide bonds. The van der Waals surface area contributed by atoms with Crippen molar-refractivity contribution in [3.8, 4) is 5.75 Å². The molecular formula is C15H12F5NO5. The van der Waals surface area contributed by atoms with E-state index in [-0.39, 0.29) is 0 Å². The Morgan fingerprint density at radius 2 is 1.73 bits per heavy atom. The largest absolute Gasteiger partial charge is 0.433 e. The number of hydrogen-bond acceptors (Lipinski definition) is 6. The molecule has 26 heavy (non-hydrogen) atoms. The number of halogens is 5. The maximum Gasteiger partial charge on any atom is 0.416 e. The Morgan fingerprint density at radius 3 is 2.23 bits per heavy atom. The molecule has 1 fully saturated rings. The zero-order valence-corrected chi connectivity index (χ0v) is 13.3. The lowest BCUT2D eigenvalue weighted by atomic mass is 10.1. The van der Waals surface area contributed by atoms with Crippen LogP contribution >= 0.6 is 0 Å². The van der Waals surface area contributed by atoms with Crippen molar-refractivity contribution in [3.63, 3.8) is 0 Å². The zero-order valence-electron chi connectivity index (χ0n) is 13.3. The maximum atomic E-state index is 12.8. The van der Waals surface area contributed by atoms with Gasteiger partial charge in [-0.05, 0) is 18.2 Å². The first-order valence-corrected chi connectivity index (χ1v) is 6.98. The maximum absolute atomic E-state index is 12.8. The highest BCUT2D eigenvalue weighted by Gasteiger charge is 2.39. The Labute approximate surface area is 143 Å². The van der Waals surface area contributed by atoms with Crippen LogP contribution in [-0.4, -0.2) is 24.3 Å². The van der Waals surface area contributed by atoms with Gasteiger partial charge in [-0.3, -0.25) is 0 Å². The van der Waals surface area contributed by atoms with E-state index in [4.69, 9.17) is 9.47 Å². The monoisotopic (exact) mass is 381 g/mol. The van der Waals surface area contributed by atoms with Gasteiger partial charge in [0.25, 0.3) is 5.79 Å². The Balaban J connectivity index is 2.34. The van der Waals surface area contributed by atoms with E-state index in [9.17, 15) is 31.5 Å². The summed E-state index contributed by atoms with van der Waals surface area (Å²) in [5.74, 6) is -4.32. The molecule has 0 unspecified atom stereocenters. The van der Waals surface area contributed by atoms with Gasteiger partial charge in [0, 0.05) is 20.0 Å². The van der Waals surface area contributed by atoms with Gasteiger partial charge in [0.1, 0.15) is 5.75 Å². The van der Waals surface area contributed by atoms with Crippen molar-refractivity contribution in [1.29, 1.82) is 0 Å². The van der Waals surface area contributed by atoms with E-state index in [1.54, 1.807) is 0 Å². The van der Waals surface area contributed by atoms with Crippen LogP contribution in [-0.2, 0) is 25.2 Å². The second-order valence-electron chi connectivity index (χ2n) is 5.47. The molecule has 0 radical (unpaired) electrons. The normalized spacial score (nSPS) is 16.8. The summed E-state index contributed by atoms with van der Waals surface area (Å²) < 4.78 is 76.9. The molecule has 0 bridgehead atoms. The van der Waals surface area contributed by atoms with Gasteiger partial charge < -0.3 is 19.5 Å². The van der Waals surface area contributed by atoms with Gasteiger partial charge in [-0.1, -0.05) is 0 Å². The van der Waals surface area contributed by atoms with E-state index >= 15 is 0 Å². The quantitative estimate of drug-likeness (QED) is 0.373. The predicted octanol–water partition coefficient (Wildman–Crippen LogP) is 3.44. The van der Waals surface area contributed by atoms with E-state index in [1.807, 2.05) is 0 Å². The van der Waals surface area contributed by atoms with Crippen molar-refractivity contribution in [2.24, 2.45) is 0 Å². The third-order valence-electron chi connectivity index (χ3n) is 3.01. The molecule has 1 aliphatic rings. The second-order valence-corrected chi connectivity index (χ2v) is 5.47. The van der Waals surface area contributed by atoms with Gasteiger partial charge in [0.2, 0.25) is 0 Å². The first-order chi connectivity index (χ1) is 11.9. The van der Waals surface area contributed by atoms with Gasteiger partial charge in [-0.2, -0.15) is 22.0 Å². The fourth-order valence-corrected chi connectivity index (χ4v) is 1.95. The molecule has 1 aliphatic heterocycles. The van der Waals surface area contributed by atoms with Crippen LogP contribution in [0.5, 0.6) is 5.75 Å². The Hall–Kier alpha value is -2.85. The number of rotatable bonds is 4. The molecule has 6 nitrogen and oxygen atoms in total. The van der Waals surface area contributed by atoms with Gasteiger partial charge in [-0.15, -0.1) is 0 Å². The highest BCUT2D eigenvalue weighted by atomic mass is 19.4. The molecule has 0 aliphatic carbocycles. The number of alkyl halides is 5. The standard InChI is InChI=1S/C15H12F5NO5/c1-14(2)25-11(22)8(12(23)26-14)6-21-9-5-7(15(18,19)20)3-4-10(9)24-13(16)17/h3-6,13,21H,1-2H3. The topological polar surface area (TPSA) is 73.9 Å². The number of benzene rings is 1. The lowest BCUT2D eigenvalue weighted by Gasteiger charge is -2.29. The molecule has 1 aromatic carbocycles. The molecule has 1 heterocycles. The Bertz CT molecular complexity index is 735. The Kier molecular flexibility index (Phi) is 5.10. The first kappa shape index (κ1) is 19.5. The smallest absolute Gasteiger partial charge is 0.416 e. The number of esters is 2. The SMILES string of the molecule is CC1(C)OC(=O)C(=CNc2cc(C(F)(F)F)ccc2OC(F)F)C(=O)O1. The molecule has 0 saturated carbocycles. The third-order valence-corrected chi connectivity index (χ3v) is 3.01. The summed E-state index contributed by atoms with van der Waals surface area (Å²) in [6.45, 7) is -0.701. The van der Waals surface area contributed by atoms with Gasteiger partial charge in [-0.25, -0.2) is 9.59 Å². The van der Waals surface area contributed by atoms with Crippen molar-refractivity contribution in [1.82, 2.24) is 0 Å². The first-order valence-electron chi connectivity index (χ1n) is 6.98. The summed E-state index contributed by atoms with van der Waals surface area (Å²) in [5.41, 5.74) is -2.36. The fourth-order valence-electron chi connectivity index (χ4n) is 1.95. The van der Waals surface area contributed by atoms with Gasteiger partial charge in [0.15, 0.2) is 5.57 Å². The van der Waals surface area contributed by atoms with Crippen LogP contribution in [0, 0.1) is 0 Å². The highest BCUT2D eigenvalue weighted by Crippen LogP contribution is 2.36. The number of ether oxygens (including phenoxy) is 3. The van der Waals surface area contributed by atoms with Crippen molar-refractivity contribution < 1.29 is 45.8 Å². The van der Waals surface area contributed by atoms with Gasteiger partial charge >= 0.3 is 24.7 Å². The number of anilines is 1. The van der Waals surface area contributed by atoms with Crippen molar-refractivity contribution in [3.05, 3.63) is 35.5 Å². The van der Waals surface area contributed by atoms with E-state index in [1.165, 1.54) is 13.8 Å². The lowest BCUT2D eigenvalue weighted by Crippen LogP contribution is -2.42. The number of nitrogens with one attached hydrogen (secondary N) is 1. The van der Waals surface area contributed by atoms with Crippen LogP contribution < -0.4 is 10.1 Å². The fraction of sp³-hybridized carbons (Fsp3) is 0.333. The average Bonchev–Trinajstić information content (AvgIpc) is 2.44. The van der Waals surface area contributed by atoms with Crippen LogP contribution in [0.4, 0.5) is 27.6 Å². The van der Waals surface area contributed by atoms with Gasteiger partial charge in [0.05, 0.1) is 11.3 Å². The van der Waals surface area contributed by atoms with E-state index in [0.29, 0.717) is 24.4 Å². The van der Waals surface area contributed by atoms with E-state index in [0.717, 1.165) is 0 Å². The molecule has 0 atom stereocenters. The van der Waals surface area contributed by atoms with Crippen LogP contribution in [0.3, 0.4) is 0 Å². The highest BCUT2D eigenvalue weighted by molar-refractivity contribution is 6.15. The van der Waals surface area contributed by atoms with Crippen LogP contribution in [0.2, 0.25) is 0 Å². The molecule has 2 rings (SSSR count). The summed E-state index contributed by atoms with van der Waals surface area (Å²) in [7, 11) is 0. The van der Waals surface area contributed by atoms with Crippen LogP contribution in [0.1, 0.15) is 19.4 Å². The van der Waals surface area contributed by atoms with Crippen LogP contribution in [0.15, 0.2) is 30.0 Å². The zero-order chi connectivity index (χ0) is 19.7. The molecule has 0 aromatic heterocycles. The molecular weight excluding hydrogens is 369 g/mol. The molecule has 142 valence electrons. The summed E-state index contributed by atoms with van der Waals surface area (Å²) in [6, 6.07) is 1.70. The summed E-state index contributed by atoms with van der Waals surface area (Å²) in [4.78, 5) is 23.5. The minimum Gasteiger partial charge on any atom is -0.433 e. The van der Waals surface area contributed by atoms with E-state index < -0.39 is 53.1 Å². The number of carbonyl (C=O) groups is 2. The number of carbonyl (C=O) groups excluding carboxylic acids is 2. The van der Waals surface area contributed by atoms with Crippen molar-refractivity contribution >= 4 is 17.6 Å². The molecule has 1 N–H and O–H groups in total. The van der Waals surface area contributed by atoms with Crippen molar-refractivity contribution in [2.75, 3.05) is 5.32 Å². The minimum absolute atomic E-state index is 0.484. The number of cyclic esters (lactones) is 2. The molecule has 11 heteroatoms. The minimum atomic E-state index is -4.75. The molecule has 0 spiro atoms. The summed E-state index contributed by atoms with van der Waals surface area (Å²) in [6.07, 6.45) is -4.06.